The zero-order valence-corrected chi connectivity index (χ0v) is 21.2. The number of nitrogens with zero attached hydrogens (tertiary/aromatic N) is 1. The van der Waals surface area contributed by atoms with Gasteiger partial charge in [-0.25, -0.2) is 14.1 Å². The Bertz CT molecular complexity index is 1360. The molecule has 0 aromatic heterocycles. The largest absolute Gasteiger partial charge is 0.490 e. The Hall–Kier alpha value is -3.69. The molecule has 36 heavy (non-hydrogen) atoms. The Morgan fingerprint density at radius 1 is 1.03 bits per heavy atom. The van der Waals surface area contributed by atoms with Gasteiger partial charge in [0.1, 0.15) is 18.0 Å². The fourth-order valence-electron chi connectivity index (χ4n) is 3.46. The minimum absolute atomic E-state index is 0.117. The Balaban J connectivity index is 1.65. The van der Waals surface area contributed by atoms with Crippen molar-refractivity contribution in [3.63, 3.8) is 0 Å². The van der Waals surface area contributed by atoms with E-state index in [0.29, 0.717) is 23.6 Å². The summed E-state index contributed by atoms with van der Waals surface area (Å²) in [6.07, 6.45) is 1.33. The number of hydrogen-bond donors (Lipinski definition) is 1. The molecule has 0 atom stereocenters. The summed E-state index contributed by atoms with van der Waals surface area (Å²) in [6.45, 7) is 2.20. The molecule has 4 amide bonds. The summed E-state index contributed by atoms with van der Waals surface area (Å²) in [5.41, 5.74) is 1.16. The summed E-state index contributed by atoms with van der Waals surface area (Å²) in [5, 5.41) is 2.36. The lowest BCUT2D eigenvalue weighted by Gasteiger charge is -2.26. The molecule has 0 bridgehead atoms. The third-order valence-corrected chi connectivity index (χ3v) is 5.94. The number of nitrogens with one attached hydrogen (secondary N) is 1. The number of hydrogen-bond acceptors (Lipinski definition) is 5. The molecule has 1 heterocycles. The first-order valence-corrected chi connectivity index (χ1v) is 11.9. The van der Waals surface area contributed by atoms with Gasteiger partial charge in [0.05, 0.1) is 17.3 Å². The number of halogens is 3. The summed E-state index contributed by atoms with van der Waals surface area (Å²) in [6, 6.07) is 14.6. The highest BCUT2D eigenvalue weighted by molar-refractivity contribution is 9.10. The van der Waals surface area contributed by atoms with E-state index in [4.69, 9.17) is 21.1 Å². The van der Waals surface area contributed by atoms with E-state index in [2.05, 4.69) is 21.2 Å². The van der Waals surface area contributed by atoms with Crippen molar-refractivity contribution in [1.29, 1.82) is 0 Å². The molecule has 1 N–H and O–H groups in total. The molecular weight excluding hydrogens is 555 g/mol. The second-order valence-corrected chi connectivity index (χ2v) is 8.94. The van der Waals surface area contributed by atoms with E-state index in [0.717, 1.165) is 14.9 Å². The average Bonchev–Trinajstić information content (AvgIpc) is 2.83. The van der Waals surface area contributed by atoms with Crippen LogP contribution < -0.4 is 19.7 Å². The maximum atomic E-state index is 13.2. The van der Waals surface area contributed by atoms with E-state index in [-0.39, 0.29) is 28.8 Å². The topological polar surface area (TPSA) is 84.9 Å². The van der Waals surface area contributed by atoms with Crippen molar-refractivity contribution in [2.24, 2.45) is 0 Å². The molecule has 3 aromatic carbocycles. The van der Waals surface area contributed by atoms with Crippen LogP contribution in [0.1, 0.15) is 18.1 Å². The molecule has 7 nitrogen and oxygen atoms in total. The maximum Gasteiger partial charge on any atom is 0.335 e. The first-order chi connectivity index (χ1) is 17.3. The minimum Gasteiger partial charge on any atom is -0.490 e. The average molecular weight is 574 g/mol. The van der Waals surface area contributed by atoms with Crippen molar-refractivity contribution in [2.45, 2.75) is 13.5 Å². The van der Waals surface area contributed by atoms with Crippen molar-refractivity contribution < 1.29 is 28.2 Å². The number of amides is 4. The third kappa shape index (κ3) is 5.58. The first kappa shape index (κ1) is 25.4. The van der Waals surface area contributed by atoms with Crippen LogP contribution in [0, 0.1) is 5.82 Å². The minimum atomic E-state index is -0.845. The Kier molecular flexibility index (Phi) is 7.71. The number of ether oxygens (including phenoxy) is 2. The van der Waals surface area contributed by atoms with Crippen molar-refractivity contribution in [1.82, 2.24) is 5.32 Å². The van der Waals surface area contributed by atoms with Gasteiger partial charge < -0.3 is 9.47 Å². The zero-order chi connectivity index (χ0) is 25.8. The van der Waals surface area contributed by atoms with Gasteiger partial charge in [0, 0.05) is 4.47 Å². The summed E-state index contributed by atoms with van der Waals surface area (Å²) >= 11 is 9.77. The summed E-state index contributed by atoms with van der Waals surface area (Å²) in [5.74, 6) is -1.41. The van der Waals surface area contributed by atoms with Gasteiger partial charge in [-0.05, 0) is 72.7 Å². The molecule has 0 unspecified atom stereocenters. The molecule has 0 aliphatic carbocycles. The van der Waals surface area contributed by atoms with Crippen molar-refractivity contribution >= 4 is 57.1 Å². The van der Waals surface area contributed by atoms with E-state index in [1.165, 1.54) is 24.3 Å². The quantitative estimate of drug-likeness (QED) is 0.282. The molecule has 1 saturated heterocycles. The van der Waals surface area contributed by atoms with E-state index >= 15 is 0 Å². The highest BCUT2D eigenvalue weighted by Gasteiger charge is 2.36. The Morgan fingerprint density at radius 3 is 2.39 bits per heavy atom. The fraction of sp³-hybridized carbons (Fsp3) is 0.115. The maximum absolute atomic E-state index is 13.2. The van der Waals surface area contributed by atoms with Crippen LogP contribution in [0.15, 0.2) is 70.7 Å². The highest BCUT2D eigenvalue weighted by Crippen LogP contribution is 2.38. The van der Waals surface area contributed by atoms with Crippen LogP contribution >= 0.6 is 27.5 Å². The lowest BCUT2D eigenvalue weighted by molar-refractivity contribution is -0.122. The van der Waals surface area contributed by atoms with Crippen LogP contribution in [0.4, 0.5) is 14.9 Å². The van der Waals surface area contributed by atoms with Crippen LogP contribution in [0.25, 0.3) is 6.08 Å². The number of rotatable bonds is 7. The molecule has 3 aromatic rings. The number of benzene rings is 3. The second-order valence-electron chi connectivity index (χ2n) is 7.61. The molecular formula is C26H19BrClFN2O5. The van der Waals surface area contributed by atoms with Crippen LogP contribution in [-0.4, -0.2) is 24.5 Å². The summed E-state index contributed by atoms with van der Waals surface area (Å²) in [7, 11) is 0. The van der Waals surface area contributed by atoms with E-state index in [1.807, 2.05) is 0 Å². The molecule has 1 fully saturated rings. The molecule has 4 rings (SSSR count). The van der Waals surface area contributed by atoms with Gasteiger partial charge in [-0.2, -0.15) is 0 Å². The van der Waals surface area contributed by atoms with Gasteiger partial charge in [0.2, 0.25) is 0 Å². The van der Waals surface area contributed by atoms with E-state index < -0.39 is 17.8 Å². The van der Waals surface area contributed by atoms with Crippen molar-refractivity contribution in [3.05, 3.63) is 92.7 Å². The van der Waals surface area contributed by atoms with E-state index in [1.54, 1.807) is 49.4 Å². The number of carbonyl (C=O) groups excluding carboxylic acids is 3. The predicted molar refractivity (Wildman–Crippen MR) is 136 cm³/mol. The number of carbonyl (C=O) groups is 3. The fourth-order valence-corrected chi connectivity index (χ4v) is 4.00. The van der Waals surface area contributed by atoms with Gasteiger partial charge >= 0.3 is 6.03 Å². The van der Waals surface area contributed by atoms with Crippen LogP contribution in [0.2, 0.25) is 5.02 Å². The number of barbiturate groups is 1. The standard InChI is InChI=1S/C26H19BrClFN2O5/c1-2-35-22-13-16(12-21(28)23(22)36-14-15-3-7-18(29)8-4-15)11-20-24(32)30-26(34)31(25(20)33)19-9-5-17(27)6-10-19/h3-13H,2,14H2,1H3,(H,30,32,34)/b20-11+. The summed E-state index contributed by atoms with van der Waals surface area (Å²) < 4.78 is 25.4. The number of urea groups is 1. The molecule has 1 aliphatic heterocycles. The van der Waals surface area contributed by atoms with Gasteiger partial charge in [-0.1, -0.05) is 39.7 Å². The molecule has 0 saturated carbocycles. The van der Waals surface area contributed by atoms with Crippen LogP contribution in [0.3, 0.4) is 0 Å². The smallest absolute Gasteiger partial charge is 0.335 e. The zero-order valence-electron chi connectivity index (χ0n) is 18.9. The highest BCUT2D eigenvalue weighted by atomic mass is 79.9. The van der Waals surface area contributed by atoms with Gasteiger partial charge in [0.25, 0.3) is 11.8 Å². The molecule has 0 spiro atoms. The molecule has 1 aliphatic rings. The lowest BCUT2D eigenvalue weighted by atomic mass is 10.1. The number of imide groups is 2. The molecule has 0 radical (unpaired) electrons. The Morgan fingerprint density at radius 2 is 1.72 bits per heavy atom. The Labute approximate surface area is 219 Å². The molecule has 184 valence electrons. The van der Waals surface area contributed by atoms with Gasteiger partial charge in [-0.3, -0.25) is 14.9 Å². The van der Waals surface area contributed by atoms with Gasteiger partial charge in [0.15, 0.2) is 11.5 Å². The number of anilines is 1. The first-order valence-electron chi connectivity index (χ1n) is 10.8. The lowest BCUT2D eigenvalue weighted by Crippen LogP contribution is -2.54. The van der Waals surface area contributed by atoms with Crippen molar-refractivity contribution in [2.75, 3.05) is 11.5 Å². The van der Waals surface area contributed by atoms with Gasteiger partial charge in [-0.15, -0.1) is 0 Å². The third-order valence-electron chi connectivity index (χ3n) is 5.13. The van der Waals surface area contributed by atoms with Crippen LogP contribution in [-0.2, 0) is 16.2 Å². The van der Waals surface area contributed by atoms with E-state index in [9.17, 15) is 18.8 Å². The SMILES string of the molecule is CCOc1cc(/C=C2\C(=O)NC(=O)N(c3ccc(Br)cc3)C2=O)cc(Cl)c1OCc1ccc(F)cc1. The van der Waals surface area contributed by atoms with Crippen LogP contribution in [0.5, 0.6) is 11.5 Å². The van der Waals surface area contributed by atoms with Crippen molar-refractivity contribution in [3.8, 4) is 11.5 Å². The molecule has 10 heteroatoms. The predicted octanol–water partition coefficient (Wildman–Crippen LogP) is 5.89. The second kappa shape index (κ2) is 10.9. The monoisotopic (exact) mass is 572 g/mol. The normalized spacial score (nSPS) is 14.7. The summed E-state index contributed by atoms with van der Waals surface area (Å²) in [4.78, 5) is 38.9.